The number of hydrogen-bond acceptors (Lipinski definition) is 4. The number of rotatable bonds is 11. The lowest BCUT2D eigenvalue weighted by atomic mass is 10.1. The minimum absolute atomic E-state index is 0.0331. The number of carbonyl (C=O) groups excluding carboxylic acids is 1. The predicted molar refractivity (Wildman–Crippen MR) is 87.8 cm³/mol. The van der Waals surface area contributed by atoms with E-state index < -0.39 is 0 Å². The van der Waals surface area contributed by atoms with E-state index in [9.17, 15) is 4.79 Å². The molecule has 20 heavy (non-hydrogen) atoms. The Morgan fingerprint density at radius 2 is 1.75 bits per heavy atom. The fraction of sp³-hybridized carbons (Fsp3) is 0.786. The SMILES string of the molecule is CCCCCCCCCCCC(=O)Nc1n[nH]c(=S)s1. The van der Waals surface area contributed by atoms with Gasteiger partial charge in [-0.2, -0.15) is 0 Å². The Balaban J connectivity index is 1.93. The van der Waals surface area contributed by atoms with E-state index in [1.54, 1.807) is 0 Å². The summed E-state index contributed by atoms with van der Waals surface area (Å²) in [6, 6.07) is 0. The largest absolute Gasteiger partial charge is 0.301 e. The van der Waals surface area contributed by atoms with Crippen molar-refractivity contribution in [2.45, 2.75) is 71.1 Å². The zero-order chi connectivity index (χ0) is 14.6. The molecule has 6 heteroatoms. The van der Waals surface area contributed by atoms with Crippen LogP contribution in [0.25, 0.3) is 0 Å². The summed E-state index contributed by atoms with van der Waals surface area (Å²) in [4.78, 5) is 11.6. The summed E-state index contributed by atoms with van der Waals surface area (Å²) in [5, 5.41) is 9.88. The van der Waals surface area contributed by atoms with Crippen molar-refractivity contribution < 1.29 is 4.79 Å². The summed E-state index contributed by atoms with van der Waals surface area (Å²) in [6.45, 7) is 2.24. The normalized spacial score (nSPS) is 10.7. The number of nitrogens with zero attached hydrogens (tertiary/aromatic N) is 1. The number of nitrogens with one attached hydrogen (secondary N) is 2. The highest BCUT2D eigenvalue weighted by molar-refractivity contribution is 7.73. The van der Waals surface area contributed by atoms with Gasteiger partial charge >= 0.3 is 0 Å². The van der Waals surface area contributed by atoms with Crippen molar-refractivity contribution in [3.63, 3.8) is 0 Å². The van der Waals surface area contributed by atoms with Gasteiger partial charge in [-0.05, 0) is 18.6 Å². The van der Waals surface area contributed by atoms with Gasteiger partial charge in [0.05, 0.1) is 0 Å². The highest BCUT2D eigenvalue weighted by Crippen LogP contribution is 2.13. The number of carbonyl (C=O) groups is 1. The van der Waals surface area contributed by atoms with Crippen molar-refractivity contribution in [1.82, 2.24) is 10.2 Å². The maximum absolute atomic E-state index is 11.6. The van der Waals surface area contributed by atoms with E-state index in [1.807, 2.05) is 0 Å². The van der Waals surface area contributed by atoms with Crippen molar-refractivity contribution in [2.24, 2.45) is 0 Å². The molecule has 0 aliphatic carbocycles. The maximum atomic E-state index is 11.6. The number of amides is 1. The van der Waals surface area contributed by atoms with Crippen molar-refractivity contribution in [3.05, 3.63) is 3.95 Å². The van der Waals surface area contributed by atoms with E-state index in [0.29, 0.717) is 15.5 Å². The summed E-state index contributed by atoms with van der Waals surface area (Å²) in [5.74, 6) is 0.0331. The molecule has 0 spiro atoms. The second-order valence-electron chi connectivity index (χ2n) is 5.04. The van der Waals surface area contributed by atoms with Gasteiger partial charge in [0.2, 0.25) is 11.0 Å². The molecule has 1 aromatic heterocycles. The summed E-state index contributed by atoms with van der Waals surface area (Å²) in [7, 11) is 0. The van der Waals surface area contributed by atoms with Crippen molar-refractivity contribution >= 4 is 34.6 Å². The Bertz CT molecular complexity index is 428. The molecule has 0 bridgehead atoms. The highest BCUT2D eigenvalue weighted by atomic mass is 32.1. The number of H-pyrrole nitrogens is 1. The first-order valence-electron chi connectivity index (χ1n) is 7.57. The Morgan fingerprint density at radius 3 is 2.30 bits per heavy atom. The van der Waals surface area contributed by atoms with Gasteiger partial charge in [0.25, 0.3) is 0 Å². The molecule has 0 saturated carbocycles. The Morgan fingerprint density at radius 1 is 1.15 bits per heavy atom. The number of aromatic nitrogens is 2. The van der Waals surface area contributed by atoms with E-state index in [4.69, 9.17) is 12.2 Å². The molecule has 0 fully saturated rings. The number of aromatic amines is 1. The van der Waals surface area contributed by atoms with Crippen LogP contribution in [0, 0.1) is 3.95 Å². The smallest absolute Gasteiger partial charge is 0.226 e. The molecule has 0 saturated heterocycles. The lowest BCUT2D eigenvalue weighted by Crippen LogP contribution is -2.10. The fourth-order valence-electron chi connectivity index (χ4n) is 2.06. The molecule has 4 nitrogen and oxygen atoms in total. The molecule has 1 amide bonds. The molecule has 1 heterocycles. The first-order valence-corrected chi connectivity index (χ1v) is 8.80. The Hall–Kier alpha value is -0.750. The van der Waals surface area contributed by atoms with Gasteiger partial charge in [0.15, 0.2) is 3.95 Å². The number of anilines is 1. The lowest BCUT2D eigenvalue weighted by molar-refractivity contribution is -0.116. The van der Waals surface area contributed by atoms with Crippen LogP contribution in [0.3, 0.4) is 0 Å². The monoisotopic (exact) mass is 315 g/mol. The zero-order valence-electron chi connectivity index (χ0n) is 12.2. The van der Waals surface area contributed by atoms with Crippen LogP contribution < -0.4 is 5.32 Å². The van der Waals surface area contributed by atoms with Gasteiger partial charge in [-0.1, -0.05) is 69.6 Å². The average molecular weight is 316 g/mol. The first-order chi connectivity index (χ1) is 9.72. The van der Waals surface area contributed by atoms with Crippen LogP contribution in [0.15, 0.2) is 0 Å². The summed E-state index contributed by atoms with van der Waals surface area (Å²) in [5.41, 5.74) is 0. The molecule has 0 unspecified atom stereocenters. The standard InChI is InChI=1S/C14H25N3OS2/c1-2-3-4-5-6-7-8-9-10-11-12(18)15-13-16-17-14(19)20-13/h2-11H2,1H3,(H,17,19)(H,15,16,18). The van der Waals surface area contributed by atoms with Crippen LogP contribution >= 0.6 is 23.6 Å². The van der Waals surface area contributed by atoms with Crippen LogP contribution in [0.4, 0.5) is 5.13 Å². The van der Waals surface area contributed by atoms with E-state index >= 15 is 0 Å². The predicted octanol–water partition coefficient (Wildman–Crippen LogP) is 5.06. The fourth-order valence-corrected chi connectivity index (χ4v) is 2.87. The second kappa shape index (κ2) is 11.0. The molecule has 114 valence electrons. The zero-order valence-corrected chi connectivity index (χ0v) is 13.9. The Kier molecular flexibility index (Phi) is 9.49. The topological polar surface area (TPSA) is 57.8 Å². The van der Waals surface area contributed by atoms with Crippen LogP contribution in [0.2, 0.25) is 0 Å². The second-order valence-corrected chi connectivity index (χ2v) is 6.71. The van der Waals surface area contributed by atoms with Crippen LogP contribution in [0.5, 0.6) is 0 Å². The maximum Gasteiger partial charge on any atom is 0.226 e. The molecule has 2 N–H and O–H groups in total. The van der Waals surface area contributed by atoms with Crippen molar-refractivity contribution in [2.75, 3.05) is 5.32 Å². The number of hydrogen-bond donors (Lipinski definition) is 2. The Labute approximate surface area is 130 Å². The van der Waals surface area contributed by atoms with Gasteiger partial charge in [-0.3, -0.25) is 9.89 Å². The molecule has 0 aliphatic heterocycles. The molecule has 0 aromatic carbocycles. The third kappa shape index (κ3) is 8.43. The summed E-state index contributed by atoms with van der Waals surface area (Å²) < 4.78 is 0.586. The average Bonchev–Trinajstić information content (AvgIpc) is 2.82. The quantitative estimate of drug-likeness (QED) is 0.443. The van der Waals surface area contributed by atoms with E-state index in [-0.39, 0.29) is 5.91 Å². The summed E-state index contributed by atoms with van der Waals surface area (Å²) in [6.07, 6.45) is 11.9. The minimum atomic E-state index is 0.0331. The van der Waals surface area contributed by atoms with Gasteiger partial charge in [0, 0.05) is 6.42 Å². The van der Waals surface area contributed by atoms with Crippen molar-refractivity contribution in [3.8, 4) is 0 Å². The molecule has 0 radical (unpaired) electrons. The van der Waals surface area contributed by atoms with E-state index in [1.165, 1.54) is 56.3 Å². The third-order valence-corrected chi connectivity index (χ3v) is 4.20. The molecule has 1 rings (SSSR count). The summed E-state index contributed by atoms with van der Waals surface area (Å²) >= 11 is 6.20. The molecule has 1 aromatic rings. The van der Waals surface area contributed by atoms with Gasteiger partial charge < -0.3 is 5.32 Å². The van der Waals surface area contributed by atoms with Crippen molar-refractivity contribution in [1.29, 1.82) is 0 Å². The molecule has 0 atom stereocenters. The molecule has 0 aliphatic rings. The minimum Gasteiger partial charge on any atom is -0.301 e. The first kappa shape index (κ1) is 17.3. The van der Waals surface area contributed by atoms with Crippen LogP contribution in [-0.2, 0) is 4.79 Å². The number of unbranched alkanes of at least 4 members (excludes halogenated alkanes) is 8. The van der Waals surface area contributed by atoms with Crippen LogP contribution in [-0.4, -0.2) is 16.1 Å². The third-order valence-electron chi connectivity index (χ3n) is 3.19. The molecular weight excluding hydrogens is 290 g/mol. The van der Waals surface area contributed by atoms with Crippen LogP contribution in [0.1, 0.15) is 71.1 Å². The lowest BCUT2D eigenvalue weighted by Gasteiger charge is -2.02. The van der Waals surface area contributed by atoms with E-state index in [0.717, 1.165) is 12.8 Å². The highest BCUT2D eigenvalue weighted by Gasteiger charge is 2.04. The van der Waals surface area contributed by atoms with Gasteiger partial charge in [-0.15, -0.1) is 5.10 Å². The van der Waals surface area contributed by atoms with Gasteiger partial charge in [-0.25, -0.2) is 0 Å². The van der Waals surface area contributed by atoms with E-state index in [2.05, 4.69) is 22.4 Å². The van der Waals surface area contributed by atoms with Gasteiger partial charge in [0.1, 0.15) is 0 Å². The molecular formula is C14H25N3OS2.